The number of amides is 1. The van der Waals surface area contributed by atoms with Gasteiger partial charge < -0.3 is 18.9 Å². The van der Waals surface area contributed by atoms with Crippen molar-refractivity contribution in [1.82, 2.24) is 10.1 Å². The number of hydrogen-bond donors (Lipinski definition) is 0. The molecule has 1 aliphatic rings. The zero-order valence-corrected chi connectivity index (χ0v) is 16.9. The van der Waals surface area contributed by atoms with Crippen molar-refractivity contribution in [2.24, 2.45) is 5.92 Å². The Morgan fingerprint density at radius 2 is 2.18 bits per heavy atom. The van der Waals surface area contributed by atoms with E-state index in [1.165, 1.54) is 0 Å². The highest BCUT2D eigenvalue weighted by molar-refractivity contribution is 7.98. The van der Waals surface area contributed by atoms with Gasteiger partial charge in [-0.3, -0.25) is 9.59 Å². The second-order valence-corrected chi connectivity index (χ2v) is 7.31. The number of esters is 1. The number of nitrogens with zero attached hydrogens (tertiary/aromatic N) is 2. The van der Waals surface area contributed by atoms with Gasteiger partial charge in [0.1, 0.15) is 12.4 Å². The fourth-order valence-electron chi connectivity index (χ4n) is 3.14. The number of likely N-dealkylation sites (tertiary alicyclic amines) is 1. The van der Waals surface area contributed by atoms with Crippen molar-refractivity contribution < 1.29 is 23.6 Å². The highest BCUT2D eigenvalue weighted by Gasteiger charge is 2.31. The second kappa shape index (κ2) is 9.64. The Hall–Kier alpha value is -2.48. The standard InChI is InChI=1S/C20H24N2O5S/c1-3-25-20(24)14-7-6-10-22(12-14)19(23)16-11-15(27-21-16)13-26-17-8-4-5-9-18(17)28-2/h4-5,8-9,11,14H,3,6-7,10,12-13H2,1-2H3. The Balaban J connectivity index is 1.60. The molecule has 0 spiro atoms. The predicted octanol–water partition coefficient (Wildman–Crippen LogP) is 3.39. The summed E-state index contributed by atoms with van der Waals surface area (Å²) in [6.45, 7) is 3.24. The molecule has 1 aromatic heterocycles. The quantitative estimate of drug-likeness (QED) is 0.517. The molecule has 0 bridgehead atoms. The van der Waals surface area contributed by atoms with Crippen molar-refractivity contribution in [2.75, 3.05) is 26.0 Å². The third-order valence-corrected chi connectivity index (χ3v) is 5.32. The minimum atomic E-state index is -0.282. The summed E-state index contributed by atoms with van der Waals surface area (Å²) in [6.07, 6.45) is 3.47. The fourth-order valence-corrected chi connectivity index (χ4v) is 3.69. The summed E-state index contributed by atoms with van der Waals surface area (Å²) >= 11 is 1.60. The first-order chi connectivity index (χ1) is 13.6. The SMILES string of the molecule is CCOC(=O)C1CCCN(C(=O)c2cc(COc3ccccc3SC)on2)C1. The van der Waals surface area contributed by atoms with Crippen LogP contribution in [0.1, 0.15) is 36.0 Å². The van der Waals surface area contributed by atoms with Crippen molar-refractivity contribution in [1.29, 1.82) is 0 Å². The predicted molar refractivity (Wildman–Crippen MR) is 104 cm³/mol. The molecule has 0 radical (unpaired) electrons. The molecule has 1 aromatic carbocycles. The van der Waals surface area contributed by atoms with E-state index in [1.807, 2.05) is 30.5 Å². The molecule has 28 heavy (non-hydrogen) atoms. The molecule has 7 nitrogen and oxygen atoms in total. The van der Waals surface area contributed by atoms with E-state index in [2.05, 4.69) is 5.16 Å². The molecule has 2 heterocycles. The molecule has 0 aliphatic carbocycles. The summed E-state index contributed by atoms with van der Waals surface area (Å²) in [5.41, 5.74) is 0.223. The second-order valence-electron chi connectivity index (χ2n) is 6.46. The van der Waals surface area contributed by atoms with E-state index in [4.69, 9.17) is 14.0 Å². The summed E-state index contributed by atoms with van der Waals surface area (Å²) in [6, 6.07) is 9.31. The molecular formula is C20H24N2O5S. The van der Waals surface area contributed by atoms with Crippen LogP contribution in [0.2, 0.25) is 0 Å². The lowest BCUT2D eigenvalue weighted by Gasteiger charge is -2.30. The molecule has 150 valence electrons. The number of aromatic nitrogens is 1. The van der Waals surface area contributed by atoms with Crippen LogP contribution in [0, 0.1) is 5.92 Å². The van der Waals surface area contributed by atoms with E-state index in [-0.39, 0.29) is 30.1 Å². The zero-order valence-electron chi connectivity index (χ0n) is 16.1. The Morgan fingerprint density at radius 3 is 2.96 bits per heavy atom. The maximum atomic E-state index is 12.7. The third-order valence-electron chi connectivity index (χ3n) is 4.55. The largest absolute Gasteiger partial charge is 0.484 e. The number of piperidine rings is 1. The first-order valence-electron chi connectivity index (χ1n) is 9.29. The highest BCUT2D eigenvalue weighted by Crippen LogP contribution is 2.27. The smallest absolute Gasteiger partial charge is 0.310 e. The normalized spacial score (nSPS) is 16.6. The van der Waals surface area contributed by atoms with E-state index >= 15 is 0 Å². The monoisotopic (exact) mass is 404 g/mol. The summed E-state index contributed by atoms with van der Waals surface area (Å²) < 4.78 is 16.1. The van der Waals surface area contributed by atoms with Gasteiger partial charge in [-0.15, -0.1) is 11.8 Å². The van der Waals surface area contributed by atoms with Gasteiger partial charge >= 0.3 is 5.97 Å². The van der Waals surface area contributed by atoms with Crippen molar-refractivity contribution >= 4 is 23.6 Å². The van der Waals surface area contributed by atoms with Gasteiger partial charge in [0, 0.05) is 24.1 Å². The number of carbonyl (C=O) groups is 2. The number of carbonyl (C=O) groups excluding carboxylic acids is 2. The lowest BCUT2D eigenvalue weighted by molar-refractivity contribution is -0.149. The molecule has 1 saturated heterocycles. The van der Waals surface area contributed by atoms with Crippen molar-refractivity contribution in [3.63, 3.8) is 0 Å². The molecular weight excluding hydrogens is 380 g/mol. The molecule has 1 fully saturated rings. The van der Waals surface area contributed by atoms with E-state index < -0.39 is 0 Å². The van der Waals surface area contributed by atoms with Crippen LogP contribution >= 0.6 is 11.8 Å². The van der Waals surface area contributed by atoms with E-state index in [1.54, 1.807) is 29.7 Å². The van der Waals surface area contributed by atoms with Crippen LogP contribution in [0.3, 0.4) is 0 Å². The van der Waals surface area contributed by atoms with Crippen LogP contribution in [-0.4, -0.2) is 47.9 Å². The number of ether oxygens (including phenoxy) is 2. The fraction of sp³-hybridized carbons (Fsp3) is 0.450. The third kappa shape index (κ3) is 4.86. The lowest BCUT2D eigenvalue weighted by Crippen LogP contribution is -2.42. The average molecular weight is 404 g/mol. The molecule has 1 unspecified atom stereocenters. The van der Waals surface area contributed by atoms with Crippen molar-refractivity contribution in [3.8, 4) is 5.75 Å². The molecule has 0 N–H and O–H groups in total. The molecule has 1 aliphatic heterocycles. The van der Waals surface area contributed by atoms with Gasteiger partial charge in [-0.25, -0.2) is 0 Å². The van der Waals surface area contributed by atoms with Gasteiger partial charge in [0.2, 0.25) is 0 Å². The summed E-state index contributed by atoms with van der Waals surface area (Å²) in [5, 5.41) is 3.88. The molecule has 1 atom stereocenters. The van der Waals surface area contributed by atoms with Crippen LogP contribution in [-0.2, 0) is 16.1 Å². The number of benzene rings is 1. The van der Waals surface area contributed by atoms with Crippen LogP contribution in [0.15, 0.2) is 39.8 Å². The molecule has 2 aromatic rings. The molecule has 3 rings (SSSR count). The number of thioether (sulfide) groups is 1. The van der Waals surface area contributed by atoms with E-state index in [0.29, 0.717) is 25.5 Å². The van der Waals surface area contributed by atoms with Gasteiger partial charge in [-0.05, 0) is 38.2 Å². The zero-order chi connectivity index (χ0) is 19.9. The lowest BCUT2D eigenvalue weighted by atomic mass is 9.98. The van der Waals surface area contributed by atoms with E-state index in [9.17, 15) is 9.59 Å². The Morgan fingerprint density at radius 1 is 1.36 bits per heavy atom. The Bertz CT molecular complexity index is 822. The van der Waals surface area contributed by atoms with Crippen molar-refractivity contribution in [3.05, 3.63) is 41.8 Å². The minimum absolute atomic E-state index is 0.184. The first-order valence-corrected chi connectivity index (χ1v) is 10.5. The Kier molecular flexibility index (Phi) is 6.97. The van der Waals surface area contributed by atoms with Crippen LogP contribution < -0.4 is 4.74 Å². The summed E-state index contributed by atoms with van der Waals surface area (Å²) in [5.74, 6) is 0.455. The maximum absolute atomic E-state index is 12.7. The summed E-state index contributed by atoms with van der Waals surface area (Å²) in [4.78, 5) is 27.3. The average Bonchev–Trinajstić information content (AvgIpc) is 3.21. The first kappa shape index (κ1) is 20.3. The van der Waals surface area contributed by atoms with Gasteiger partial charge in [0.25, 0.3) is 5.91 Å². The van der Waals surface area contributed by atoms with Gasteiger partial charge in [0.15, 0.2) is 11.5 Å². The van der Waals surface area contributed by atoms with Crippen LogP contribution in [0.5, 0.6) is 5.75 Å². The highest BCUT2D eigenvalue weighted by atomic mass is 32.2. The van der Waals surface area contributed by atoms with Gasteiger partial charge in [0.05, 0.1) is 12.5 Å². The van der Waals surface area contributed by atoms with Crippen LogP contribution in [0.4, 0.5) is 0 Å². The topological polar surface area (TPSA) is 81.9 Å². The summed E-state index contributed by atoms with van der Waals surface area (Å²) in [7, 11) is 0. The van der Waals surface area contributed by atoms with Gasteiger partial charge in [-0.1, -0.05) is 17.3 Å². The molecule has 8 heteroatoms. The van der Waals surface area contributed by atoms with Crippen LogP contribution in [0.25, 0.3) is 0 Å². The molecule has 1 amide bonds. The Labute approximate surface area is 168 Å². The number of para-hydroxylation sites is 1. The molecule has 0 saturated carbocycles. The minimum Gasteiger partial charge on any atom is -0.484 e. The van der Waals surface area contributed by atoms with Crippen molar-refractivity contribution in [2.45, 2.75) is 31.3 Å². The number of hydrogen-bond acceptors (Lipinski definition) is 7. The van der Waals surface area contributed by atoms with Gasteiger partial charge in [-0.2, -0.15) is 0 Å². The maximum Gasteiger partial charge on any atom is 0.310 e. The van der Waals surface area contributed by atoms with E-state index in [0.717, 1.165) is 23.5 Å². The number of rotatable bonds is 7.